The fourth-order valence-electron chi connectivity index (χ4n) is 0.735. The molecule has 1 rings (SSSR count). The number of hydrogen-bond donors (Lipinski definition) is 1. The van der Waals surface area contributed by atoms with Crippen LogP contribution in [-0.2, 0) is 6.42 Å². The minimum Gasteiger partial charge on any atom is -0.383 e. The van der Waals surface area contributed by atoms with Crippen LogP contribution in [0.5, 0.6) is 0 Å². The highest BCUT2D eigenvalue weighted by atomic mass is 32.1. The van der Waals surface area contributed by atoms with Gasteiger partial charge in [-0.2, -0.15) is 13.2 Å². The first-order valence-electron chi connectivity index (χ1n) is 3.27. The van der Waals surface area contributed by atoms with Gasteiger partial charge in [0.15, 0.2) is 6.10 Å². The van der Waals surface area contributed by atoms with Crippen LogP contribution in [0, 0.1) is 0 Å². The number of alkyl halides is 3. The molecule has 0 aliphatic rings. The lowest BCUT2D eigenvalue weighted by atomic mass is 10.2. The first kappa shape index (κ1) is 9.54. The van der Waals surface area contributed by atoms with Gasteiger partial charge in [-0.25, -0.2) is 0 Å². The van der Waals surface area contributed by atoms with E-state index in [9.17, 15) is 13.2 Å². The molecule has 0 aliphatic carbocycles. The number of hydrogen-bond acceptors (Lipinski definition) is 2. The molecule has 0 bridgehead atoms. The Hall–Kier alpha value is -0.550. The Balaban J connectivity index is 2.53. The van der Waals surface area contributed by atoms with E-state index >= 15 is 0 Å². The Morgan fingerprint density at radius 3 is 2.58 bits per heavy atom. The van der Waals surface area contributed by atoms with Gasteiger partial charge >= 0.3 is 6.18 Å². The highest BCUT2D eigenvalue weighted by Crippen LogP contribution is 2.24. The van der Waals surface area contributed by atoms with Gasteiger partial charge in [0.05, 0.1) is 0 Å². The molecule has 0 aromatic carbocycles. The third-order valence-electron chi connectivity index (χ3n) is 1.35. The smallest absolute Gasteiger partial charge is 0.383 e. The predicted octanol–water partition coefficient (Wildman–Crippen LogP) is 2.21. The summed E-state index contributed by atoms with van der Waals surface area (Å²) in [6.07, 6.45) is -7.10. The Bertz CT molecular complexity index is 229. The van der Waals surface area contributed by atoms with Crippen LogP contribution in [0.2, 0.25) is 0 Å². The van der Waals surface area contributed by atoms with Gasteiger partial charge in [0.2, 0.25) is 0 Å². The molecular weight excluding hydrogens is 189 g/mol. The van der Waals surface area contributed by atoms with Gasteiger partial charge < -0.3 is 5.11 Å². The largest absolute Gasteiger partial charge is 0.414 e. The van der Waals surface area contributed by atoms with Crippen molar-refractivity contribution >= 4 is 11.3 Å². The third-order valence-corrected chi connectivity index (χ3v) is 2.25. The third kappa shape index (κ3) is 2.49. The summed E-state index contributed by atoms with van der Waals surface area (Å²) in [5, 5.41) is 10.3. The monoisotopic (exact) mass is 196 g/mol. The SMILES string of the molecule is O[C@H](Cc1cccs1)C(F)(F)F. The minimum absolute atomic E-state index is 0.346. The average Bonchev–Trinajstić information content (AvgIpc) is 2.37. The van der Waals surface area contributed by atoms with Crippen molar-refractivity contribution in [2.45, 2.75) is 18.7 Å². The van der Waals surface area contributed by atoms with E-state index in [4.69, 9.17) is 5.11 Å². The first-order chi connectivity index (χ1) is 5.50. The van der Waals surface area contributed by atoms with Crippen molar-refractivity contribution in [1.29, 1.82) is 0 Å². The van der Waals surface area contributed by atoms with E-state index in [-0.39, 0.29) is 6.42 Å². The van der Waals surface area contributed by atoms with Crippen LogP contribution in [0.4, 0.5) is 13.2 Å². The van der Waals surface area contributed by atoms with Crippen LogP contribution < -0.4 is 0 Å². The summed E-state index contributed by atoms with van der Waals surface area (Å²) in [5.41, 5.74) is 0. The lowest BCUT2D eigenvalue weighted by Gasteiger charge is -2.12. The number of rotatable bonds is 2. The summed E-state index contributed by atoms with van der Waals surface area (Å²) in [7, 11) is 0. The molecule has 1 nitrogen and oxygen atoms in total. The van der Waals surface area contributed by atoms with Crippen molar-refractivity contribution in [2.75, 3.05) is 0 Å². The minimum atomic E-state index is -4.51. The van der Waals surface area contributed by atoms with E-state index in [2.05, 4.69) is 0 Å². The molecule has 0 saturated carbocycles. The first-order valence-corrected chi connectivity index (χ1v) is 4.15. The molecule has 0 spiro atoms. The van der Waals surface area contributed by atoms with Gasteiger partial charge in [0, 0.05) is 11.3 Å². The molecule has 0 radical (unpaired) electrons. The molecule has 12 heavy (non-hydrogen) atoms. The van der Waals surface area contributed by atoms with Gasteiger partial charge in [0.1, 0.15) is 0 Å². The maximum atomic E-state index is 11.8. The molecule has 68 valence electrons. The standard InChI is InChI=1S/C7H7F3OS/c8-7(9,10)6(11)4-5-2-1-3-12-5/h1-3,6,11H,4H2/t6-/m1/s1. The van der Waals surface area contributed by atoms with Crippen LogP contribution in [0.15, 0.2) is 17.5 Å². The van der Waals surface area contributed by atoms with E-state index < -0.39 is 12.3 Å². The van der Waals surface area contributed by atoms with Crippen molar-refractivity contribution in [3.05, 3.63) is 22.4 Å². The van der Waals surface area contributed by atoms with Crippen molar-refractivity contribution in [2.24, 2.45) is 0 Å². The fourth-order valence-corrected chi connectivity index (χ4v) is 1.48. The van der Waals surface area contributed by atoms with E-state index in [0.29, 0.717) is 4.88 Å². The second-order valence-corrected chi connectivity index (χ2v) is 3.37. The molecule has 5 heteroatoms. The molecule has 1 N–H and O–H groups in total. The zero-order chi connectivity index (χ0) is 9.19. The molecule has 0 unspecified atom stereocenters. The van der Waals surface area contributed by atoms with E-state index in [0.717, 1.165) is 0 Å². The Kier molecular flexibility index (Phi) is 2.74. The van der Waals surface area contributed by atoms with Gasteiger partial charge in [-0.1, -0.05) is 6.07 Å². The summed E-state index contributed by atoms with van der Waals surface area (Å²) < 4.78 is 35.4. The molecule has 1 atom stereocenters. The summed E-state index contributed by atoms with van der Waals surface area (Å²) in [5.74, 6) is 0. The number of thiophene rings is 1. The van der Waals surface area contributed by atoms with Gasteiger partial charge in [0.25, 0.3) is 0 Å². The molecule has 0 aliphatic heterocycles. The van der Waals surface area contributed by atoms with Crippen LogP contribution in [0.1, 0.15) is 4.88 Å². The van der Waals surface area contributed by atoms with Crippen LogP contribution in [0.25, 0.3) is 0 Å². The van der Waals surface area contributed by atoms with Crippen molar-refractivity contribution in [1.82, 2.24) is 0 Å². The van der Waals surface area contributed by atoms with Crippen molar-refractivity contribution in [3.8, 4) is 0 Å². The second kappa shape index (κ2) is 3.45. The maximum absolute atomic E-state index is 11.8. The summed E-state index contributed by atoms with van der Waals surface area (Å²) in [6, 6.07) is 3.22. The highest BCUT2D eigenvalue weighted by molar-refractivity contribution is 7.09. The molecule has 1 aromatic rings. The molecule has 1 aromatic heterocycles. The summed E-state index contributed by atoms with van der Waals surface area (Å²) in [6.45, 7) is 0. The second-order valence-electron chi connectivity index (χ2n) is 2.34. The molecule has 0 amide bonds. The molecular formula is C7H7F3OS. The zero-order valence-electron chi connectivity index (χ0n) is 6.01. The van der Waals surface area contributed by atoms with E-state index in [1.54, 1.807) is 17.5 Å². The van der Waals surface area contributed by atoms with E-state index in [1.807, 2.05) is 0 Å². The molecule has 1 heterocycles. The fraction of sp³-hybridized carbons (Fsp3) is 0.429. The predicted molar refractivity (Wildman–Crippen MR) is 40.1 cm³/mol. The Labute approximate surface area is 71.5 Å². The topological polar surface area (TPSA) is 20.2 Å². The average molecular weight is 196 g/mol. The van der Waals surface area contributed by atoms with Gasteiger partial charge in [-0.05, 0) is 11.4 Å². The Morgan fingerprint density at radius 2 is 2.17 bits per heavy atom. The normalized spacial score (nSPS) is 14.7. The van der Waals surface area contributed by atoms with Crippen molar-refractivity contribution < 1.29 is 18.3 Å². The number of halogens is 3. The lowest BCUT2D eigenvalue weighted by Crippen LogP contribution is -2.30. The summed E-state index contributed by atoms with van der Waals surface area (Å²) in [4.78, 5) is 0.542. The van der Waals surface area contributed by atoms with Gasteiger partial charge in [-0.3, -0.25) is 0 Å². The zero-order valence-corrected chi connectivity index (χ0v) is 6.82. The highest BCUT2D eigenvalue weighted by Gasteiger charge is 2.38. The number of aliphatic hydroxyl groups is 1. The summed E-state index contributed by atoms with van der Waals surface area (Å²) >= 11 is 1.21. The molecule has 0 saturated heterocycles. The lowest BCUT2D eigenvalue weighted by molar-refractivity contribution is -0.202. The number of aliphatic hydroxyl groups excluding tert-OH is 1. The Morgan fingerprint density at radius 1 is 1.50 bits per heavy atom. The van der Waals surface area contributed by atoms with E-state index in [1.165, 1.54) is 11.3 Å². The quantitative estimate of drug-likeness (QED) is 0.768. The van der Waals surface area contributed by atoms with Crippen LogP contribution in [0.3, 0.4) is 0 Å². The van der Waals surface area contributed by atoms with Gasteiger partial charge in [-0.15, -0.1) is 11.3 Å². The van der Waals surface area contributed by atoms with Crippen LogP contribution >= 0.6 is 11.3 Å². The van der Waals surface area contributed by atoms with Crippen LogP contribution in [-0.4, -0.2) is 17.4 Å². The van der Waals surface area contributed by atoms with Crippen molar-refractivity contribution in [3.63, 3.8) is 0 Å². The maximum Gasteiger partial charge on any atom is 0.414 e. The molecule has 0 fully saturated rings.